The summed E-state index contributed by atoms with van der Waals surface area (Å²) in [5.41, 5.74) is -0.864. The van der Waals surface area contributed by atoms with Crippen molar-refractivity contribution in [3.8, 4) is 11.5 Å². The number of hydrogen-bond acceptors (Lipinski definition) is 6. The number of imide groups is 2. The second-order valence-corrected chi connectivity index (χ2v) is 6.67. The molecule has 0 spiro atoms. The van der Waals surface area contributed by atoms with Gasteiger partial charge in [-0.1, -0.05) is 19.4 Å². The molecule has 1 atom stereocenters. The Kier molecular flexibility index (Phi) is 5.39. The molecule has 0 aliphatic carbocycles. The van der Waals surface area contributed by atoms with Crippen molar-refractivity contribution in [2.45, 2.75) is 32.2 Å². The lowest BCUT2D eigenvalue weighted by Gasteiger charge is -2.22. The van der Waals surface area contributed by atoms with Crippen LogP contribution in [0.15, 0.2) is 18.2 Å². The number of ether oxygens (including phenoxy) is 2. The fraction of sp³-hybridized carbons (Fsp3) is 0.444. The van der Waals surface area contributed by atoms with Crippen molar-refractivity contribution >= 4 is 23.9 Å². The van der Waals surface area contributed by atoms with Crippen molar-refractivity contribution in [3.05, 3.63) is 23.8 Å². The zero-order chi connectivity index (χ0) is 20.3. The maximum Gasteiger partial charge on any atom is 0.325 e. The van der Waals surface area contributed by atoms with E-state index in [1.807, 2.05) is 6.92 Å². The van der Waals surface area contributed by atoms with Gasteiger partial charge in [0.25, 0.3) is 5.91 Å². The predicted molar refractivity (Wildman–Crippen MR) is 96.6 cm³/mol. The number of nitrogens with zero attached hydrogens (tertiary/aromatic N) is 1. The van der Waals surface area contributed by atoms with Crippen LogP contribution in [-0.2, 0) is 15.1 Å². The Morgan fingerprint density at radius 3 is 2.75 bits per heavy atom. The van der Waals surface area contributed by atoms with Crippen LogP contribution in [0.5, 0.6) is 11.5 Å². The first-order chi connectivity index (χ1) is 13.3. The lowest BCUT2D eigenvalue weighted by Crippen LogP contribution is -2.47. The van der Waals surface area contributed by atoms with Gasteiger partial charge in [0, 0.05) is 6.54 Å². The van der Waals surface area contributed by atoms with Gasteiger partial charge in [0.05, 0.1) is 0 Å². The number of amides is 6. The number of unbranched alkanes of at least 4 members (excludes halogenated alkanes) is 1. The molecule has 0 saturated carbocycles. The Bertz CT molecular complexity index is 826. The first-order valence-electron chi connectivity index (χ1n) is 8.97. The van der Waals surface area contributed by atoms with E-state index >= 15 is 0 Å². The molecule has 1 aromatic carbocycles. The summed E-state index contributed by atoms with van der Waals surface area (Å²) in [4.78, 5) is 49.6. The zero-order valence-electron chi connectivity index (χ0n) is 15.7. The van der Waals surface area contributed by atoms with Crippen molar-refractivity contribution in [1.82, 2.24) is 20.9 Å². The van der Waals surface area contributed by atoms with E-state index in [2.05, 4.69) is 16.0 Å². The molecule has 10 nitrogen and oxygen atoms in total. The van der Waals surface area contributed by atoms with Gasteiger partial charge < -0.3 is 20.1 Å². The molecule has 0 radical (unpaired) electrons. The van der Waals surface area contributed by atoms with E-state index in [1.54, 1.807) is 25.1 Å². The number of benzene rings is 1. The summed E-state index contributed by atoms with van der Waals surface area (Å²) in [5, 5.41) is 7.23. The number of urea groups is 2. The molecule has 2 heterocycles. The number of hydrogen-bond donors (Lipinski definition) is 3. The van der Waals surface area contributed by atoms with Crippen molar-refractivity contribution in [2.24, 2.45) is 0 Å². The van der Waals surface area contributed by atoms with Gasteiger partial charge in [-0.15, -0.1) is 0 Å². The minimum absolute atomic E-state index is 0.0857. The summed E-state index contributed by atoms with van der Waals surface area (Å²) >= 11 is 0. The summed E-state index contributed by atoms with van der Waals surface area (Å²) in [6.45, 7) is 3.47. The molecule has 0 aromatic heterocycles. The van der Waals surface area contributed by atoms with Crippen LogP contribution in [0, 0.1) is 0 Å². The fourth-order valence-corrected chi connectivity index (χ4v) is 2.98. The summed E-state index contributed by atoms with van der Waals surface area (Å²) in [5.74, 6) is -0.333. The molecule has 2 aliphatic rings. The molecular formula is C18H22N4O6. The van der Waals surface area contributed by atoms with Gasteiger partial charge in [0.1, 0.15) is 12.1 Å². The van der Waals surface area contributed by atoms with Crippen LogP contribution >= 0.6 is 0 Å². The van der Waals surface area contributed by atoms with Gasteiger partial charge in [-0.3, -0.25) is 19.8 Å². The van der Waals surface area contributed by atoms with Gasteiger partial charge in [0.2, 0.25) is 12.7 Å². The summed E-state index contributed by atoms with van der Waals surface area (Å²) in [6, 6.07) is 3.54. The molecule has 10 heteroatoms. The number of nitrogens with one attached hydrogen (secondary N) is 3. The molecule has 1 aromatic rings. The highest BCUT2D eigenvalue weighted by Gasteiger charge is 2.50. The zero-order valence-corrected chi connectivity index (χ0v) is 15.7. The molecule has 1 fully saturated rings. The van der Waals surface area contributed by atoms with E-state index in [1.165, 1.54) is 0 Å². The summed E-state index contributed by atoms with van der Waals surface area (Å²) < 4.78 is 10.6. The fourth-order valence-electron chi connectivity index (χ4n) is 2.98. The largest absolute Gasteiger partial charge is 0.454 e. The Morgan fingerprint density at radius 2 is 2.00 bits per heavy atom. The topological polar surface area (TPSA) is 126 Å². The maximum absolute atomic E-state index is 12.9. The minimum Gasteiger partial charge on any atom is -0.454 e. The van der Waals surface area contributed by atoms with E-state index in [0.717, 1.165) is 17.7 Å². The first kappa shape index (κ1) is 19.5. The maximum atomic E-state index is 12.9. The Labute approximate surface area is 161 Å². The van der Waals surface area contributed by atoms with Gasteiger partial charge in [-0.2, -0.15) is 0 Å². The molecule has 3 rings (SSSR count). The van der Waals surface area contributed by atoms with Crippen molar-refractivity contribution in [3.63, 3.8) is 0 Å². The van der Waals surface area contributed by atoms with Crippen LogP contribution < -0.4 is 25.4 Å². The molecule has 6 amide bonds. The standard InChI is InChI=1S/C18H22N4O6/c1-3-4-7-19-16(25)20-14(23)9-22-15(24)18(2,21-17(22)26)11-5-6-12-13(8-11)28-10-27-12/h5-6,8H,3-4,7,9-10H2,1-2H3,(H,21,26)(H2,19,20,23,25)/t18-/m1/s1. The predicted octanol–water partition coefficient (Wildman–Crippen LogP) is 0.808. The lowest BCUT2D eigenvalue weighted by atomic mass is 9.91. The average Bonchev–Trinajstić information content (AvgIpc) is 3.20. The highest BCUT2D eigenvalue weighted by Crippen LogP contribution is 2.37. The van der Waals surface area contributed by atoms with E-state index in [-0.39, 0.29) is 6.79 Å². The highest BCUT2D eigenvalue weighted by atomic mass is 16.7. The van der Waals surface area contributed by atoms with Gasteiger partial charge in [0.15, 0.2) is 11.5 Å². The smallest absolute Gasteiger partial charge is 0.325 e. The van der Waals surface area contributed by atoms with Gasteiger partial charge in [-0.25, -0.2) is 9.59 Å². The Hall–Kier alpha value is -3.30. The van der Waals surface area contributed by atoms with Crippen LogP contribution in [0.1, 0.15) is 32.3 Å². The normalized spacial score (nSPS) is 20.1. The second kappa shape index (κ2) is 7.75. The van der Waals surface area contributed by atoms with Crippen LogP contribution in [-0.4, -0.2) is 48.7 Å². The molecule has 1 saturated heterocycles. The Morgan fingerprint density at radius 1 is 1.25 bits per heavy atom. The van der Waals surface area contributed by atoms with Crippen molar-refractivity contribution < 1.29 is 28.7 Å². The quantitative estimate of drug-likeness (QED) is 0.487. The van der Waals surface area contributed by atoms with Gasteiger partial charge in [-0.05, 0) is 31.0 Å². The molecule has 28 heavy (non-hydrogen) atoms. The number of carbonyl (C=O) groups excluding carboxylic acids is 4. The van der Waals surface area contributed by atoms with Crippen molar-refractivity contribution in [2.75, 3.05) is 19.9 Å². The lowest BCUT2D eigenvalue weighted by molar-refractivity contribution is -0.134. The van der Waals surface area contributed by atoms with E-state index in [4.69, 9.17) is 9.47 Å². The third kappa shape index (κ3) is 3.71. The third-order valence-corrected chi connectivity index (χ3v) is 4.60. The molecule has 3 N–H and O–H groups in total. The van der Waals surface area contributed by atoms with Crippen LogP contribution in [0.2, 0.25) is 0 Å². The molecule has 0 bridgehead atoms. The third-order valence-electron chi connectivity index (χ3n) is 4.60. The number of fused-ring (bicyclic) bond motifs is 1. The Balaban J connectivity index is 1.66. The van der Waals surface area contributed by atoms with Crippen molar-refractivity contribution in [1.29, 1.82) is 0 Å². The monoisotopic (exact) mass is 390 g/mol. The highest BCUT2D eigenvalue weighted by molar-refractivity contribution is 6.10. The van der Waals surface area contributed by atoms with Crippen LogP contribution in [0.4, 0.5) is 9.59 Å². The first-order valence-corrected chi connectivity index (χ1v) is 8.97. The average molecular weight is 390 g/mol. The van der Waals surface area contributed by atoms with Crippen LogP contribution in [0.3, 0.4) is 0 Å². The molecule has 2 aliphatic heterocycles. The number of rotatable bonds is 6. The van der Waals surface area contributed by atoms with E-state index in [9.17, 15) is 19.2 Å². The van der Waals surface area contributed by atoms with E-state index < -0.39 is 36.0 Å². The molecule has 0 unspecified atom stereocenters. The second-order valence-electron chi connectivity index (χ2n) is 6.67. The van der Waals surface area contributed by atoms with Gasteiger partial charge >= 0.3 is 12.1 Å². The molecule has 150 valence electrons. The minimum atomic E-state index is -1.36. The summed E-state index contributed by atoms with van der Waals surface area (Å²) in [6.07, 6.45) is 1.68. The molecular weight excluding hydrogens is 368 g/mol. The van der Waals surface area contributed by atoms with Crippen LogP contribution in [0.25, 0.3) is 0 Å². The summed E-state index contributed by atoms with van der Waals surface area (Å²) in [7, 11) is 0. The SMILES string of the molecule is CCCCNC(=O)NC(=O)CN1C(=O)N[C@](C)(c2ccc3c(c2)OCO3)C1=O. The van der Waals surface area contributed by atoms with E-state index in [0.29, 0.717) is 23.6 Å². The number of carbonyl (C=O) groups is 4.